The van der Waals surface area contributed by atoms with Crippen LogP contribution in [-0.4, -0.2) is 17.0 Å². The number of nitrogens with one attached hydrogen (secondary N) is 1. The fraction of sp³-hybridized carbons (Fsp3) is 0.0714. The predicted octanol–water partition coefficient (Wildman–Crippen LogP) is 8.01. The van der Waals surface area contributed by atoms with Crippen LogP contribution in [0.1, 0.15) is 31.8 Å². The van der Waals surface area contributed by atoms with Crippen molar-refractivity contribution in [2.75, 3.05) is 11.1 Å². The van der Waals surface area contributed by atoms with Crippen LogP contribution in [0.4, 0.5) is 20.2 Å². The van der Waals surface area contributed by atoms with Crippen molar-refractivity contribution in [3.63, 3.8) is 0 Å². The third-order valence-electron chi connectivity index (χ3n) is 4.76. The Kier molecular flexibility index (Phi) is 11.4. The van der Waals surface area contributed by atoms with Gasteiger partial charge in [-0.2, -0.15) is 0 Å². The van der Waals surface area contributed by atoms with Gasteiger partial charge in [0.05, 0.1) is 5.56 Å². The molecule has 0 fully saturated rings. The zero-order chi connectivity index (χ0) is 27.5. The van der Waals surface area contributed by atoms with Gasteiger partial charge in [0.2, 0.25) is 0 Å². The summed E-state index contributed by atoms with van der Waals surface area (Å²) in [4.78, 5) is 22.3. The maximum Gasteiger partial charge on any atom is 0.335 e. The number of nitrogens with two attached hydrogens (primary N) is 1. The predicted molar refractivity (Wildman–Crippen MR) is 150 cm³/mol. The molecular formula is C28H24Br2F2N2O3. The first-order valence-corrected chi connectivity index (χ1v) is 12.4. The molecule has 37 heavy (non-hydrogen) atoms. The SMILES string of the molecule is Cc1cc(N)ccc1F.Cc1cc(NC(=O)c2cccc(Br)c2)ccc1F.O=C(O)c1cccc(Br)c1. The Hall–Kier alpha value is -3.56. The highest BCUT2D eigenvalue weighted by molar-refractivity contribution is 9.10. The van der Waals surface area contributed by atoms with Gasteiger partial charge in [0.1, 0.15) is 11.6 Å². The molecule has 0 atom stereocenters. The lowest BCUT2D eigenvalue weighted by molar-refractivity contribution is 0.0696. The van der Waals surface area contributed by atoms with Crippen LogP contribution in [0.5, 0.6) is 0 Å². The number of carbonyl (C=O) groups is 2. The summed E-state index contributed by atoms with van der Waals surface area (Å²) in [6, 6.07) is 22.7. The van der Waals surface area contributed by atoms with Crippen molar-refractivity contribution in [1.29, 1.82) is 0 Å². The van der Waals surface area contributed by atoms with E-state index in [4.69, 9.17) is 10.8 Å². The molecule has 192 valence electrons. The number of carboxylic acids is 1. The second-order valence-electron chi connectivity index (χ2n) is 7.75. The fourth-order valence-corrected chi connectivity index (χ4v) is 3.64. The number of aryl methyl sites for hydroxylation is 2. The van der Waals surface area contributed by atoms with E-state index in [1.54, 1.807) is 74.5 Å². The highest BCUT2D eigenvalue weighted by atomic mass is 79.9. The summed E-state index contributed by atoms with van der Waals surface area (Å²) < 4.78 is 27.2. The quantitative estimate of drug-likeness (QED) is 0.199. The second kappa shape index (κ2) is 14.2. The molecule has 0 saturated carbocycles. The van der Waals surface area contributed by atoms with E-state index in [0.29, 0.717) is 33.6 Å². The summed E-state index contributed by atoms with van der Waals surface area (Å²) in [5, 5.41) is 11.2. The van der Waals surface area contributed by atoms with Crippen LogP contribution >= 0.6 is 31.9 Å². The first-order valence-electron chi connectivity index (χ1n) is 10.8. The van der Waals surface area contributed by atoms with Crippen molar-refractivity contribution in [2.45, 2.75) is 13.8 Å². The lowest BCUT2D eigenvalue weighted by atomic mass is 10.2. The molecule has 0 heterocycles. The van der Waals surface area contributed by atoms with Gasteiger partial charge in [-0.1, -0.05) is 44.0 Å². The molecule has 4 aromatic carbocycles. The van der Waals surface area contributed by atoms with E-state index >= 15 is 0 Å². The lowest BCUT2D eigenvalue weighted by Gasteiger charge is -2.06. The van der Waals surface area contributed by atoms with E-state index in [0.717, 1.165) is 8.95 Å². The number of hydrogen-bond acceptors (Lipinski definition) is 3. The number of carbonyl (C=O) groups excluding carboxylic acids is 1. The summed E-state index contributed by atoms with van der Waals surface area (Å²) in [7, 11) is 0. The van der Waals surface area contributed by atoms with Crippen molar-refractivity contribution in [3.05, 3.63) is 128 Å². The van der Waals surface area contributed by atoms with Gasteiger partial charge in [-0.25, -0.2) is 13.6 Å². The van der Waals surface area contributed by atoms with E-state index in [-0.39, 0.29) is 17.5 Å². The number of carboxylic acid groups (broad SMARTS) is 1. The lowest BCUT2D eigenvalue weighted by Crippen LogP contribution is -2.11. The fourth-order valence-electron chi connectivity index (χ4n) is 2.84. The number of amides is 1. The zero-order valence-electron chi connectivity index (χ0n) is 19.9. The molecule has 9 heteroatoms. The van der Waals surface area contributed by atoms with E-state index in [1.165, 1.54) is 18.2 Å². The van der Waals surface area contributed by atoms with E-state index in [1.807, 2.05) is 6.07 Å². The van der Waals surface area contributed by atoms with Crippen molar-refractivity contribution in [2.24, 2.45) is 0 Å². The molecule has 0 saturated heterocycles. The van der Waals surface area contributed by atoms with Crippen LogP contribution in [0.3, 0.4) is 0 Å². The normalized spacial score (nSPS) is 9.78. The first kappa shape index (κ1) is 29.7. The average Bonchev–Trinajstić information content (AvgIpc) is 2.85. The highest BCUT2D eigenvalue weighted by Gasteiger charge is 2.07. The molecule has 0 bridgehead atoms. The van der Waals surface area contributed by atoms with Crippen LogP contribution < -0.4 is 11.1 Å². The Morgan fingerprint density at radius 2 is 1.27 bits per heavy atom. The maximum atomic E-state index is 13.1. The Balaban J connectivity index is 0.000000214. The second-order valence-corrected chi connectivity index (χ2v) is 9.58. The van der Waals surface area contributed by atoms with Gasteiger partial charge in [0.25, 0.3) is 5.91 Å². The number of halogens is 4. The Morgan fingerprint density at radius 1 is 0.757 bits per heavy atom. The first-order chi connectivity index (χ1) is 17.5. The van der Waals surface area contributed by atoms with E-state index < -0.39 is 5.97 Å². The number of nitrogen functional groups attached to an aromatic ring is 1. The minimum absolute atomic E-state index is 0.204. The molecule has 1 amide bonds. The molecule has 0 radical (unpaired) electrons. The van der Waals surface area contributed by atoms with Crippen molar-refractivity contribution in [1.82, 2.24) is 0 Å². The van der Waals surface area contributed by atoms with Gasteiger partial charge in [-0.15, -0.1) is 0 Å². The maximum absolute atomic E-state index is 13.1. The molecule has 5 nitrogen and oxygen atoms in total. The third-order valence-corrected chi connectivity index (χ3v) is 5.74. The zero-order valence-corrected chi connectivity index (χ0v) is 23.1. The molecule has 0 aliphatic heterocycles. The Morgan fingerprint density at radius 3 is 1.73 bits per heavy atom. The molecule has 0 unspecified atom stereocenters. The minimum Gasteiger partial charge on any atom is -0.478 e. The number of rotatable bonds is 3. The number of benzene rings is 4. The number of anilines is 2. The van der Waals surface area contributed by atoms with Gasteiger partial charge in [0, 0.05) is 25.9 Å². The topological polar surface area (TPSA) is 92.4 Å². The summed E-state index contributed by atoms with van der Waals surface area (Å²) in [5.41, 5.74) is 8.49. The minimum atomic E-state index is -0.902. The molecule has 0 aromatic heterocycles. The summed E-state index contributed by atoms with van der Waals surface area (Å²) in [5.74, 6) is -1.61. The number of aromatic carboxylic acids is 1. The van der Waals surface area contributed by atoms with Crippen molar-refractivity contribution in [3.8, 4) is 0 Å². The van der Waals surface area contributed by atoms with Gasteiger partial charge in [-0.3, -0.25) is 4.79 Å². The summed E-state index contributed by atoms with van der Waals surface area (Å²) in [6.07, 6.45) is 0. The van der Waals surface area contributed by atoms with Crippen molar-refractivity contribution >= 4 is 55.1 Å². The Labute approximate surface area is 230 Å². The van der Waals surface area contributed by atoms with Crippen LogP contribution in [-0.2, 0) is 0 Å². The molecule has 0 aliphatic rings. The average molecular weight is 634 g/mol. The van der Waals surface area contributed by atoms with E-state index in [9.17, 15) is 18.4 Å². The molecule has 4 aromatic rings. The van der Waals surface area contributed by atoms with Crippen LogP contribution in [0.2, 0.25) is 0 Å². The van der Waals surface area contributed by atoms with Crippen molar-refractivity contribution < 1.29 is 23.5 Å². The molecule has 0 spiro atoms. The van der Waals surface area contributed by atoms with Gasteiger partial charge in [0.15, 0.2) is 0 Å². The van der Waals surface area contributed by atoms with Gasteiger partial charge in [-0.05, 0) is 97.8 Å². The molecule has 4 rings (SSSR count). The van der Waals surface area contributed by atoms with E-state index in [2.05, 4.69) is 37.2 Å². The van der Waals surface area contributed by atoms with Crippen LogP contribution in [0.25, 0.3) is 0 Å². The molecule has 0 aliphatic carbocycles. The molecular weight excluding hydrogens is 610 g/mol. The summed E-state index contributed by atoms with van der Waals surface area (Å²) >= 11 is 6.47. The summed E-state index contributed by atoms with van der Waals surface area (Å²) in [6.45, 7) is 3.34. The largest absolute Gasteiger partial charge is 0.478 e. The molecule has 4 N–H and O–H groups in total. The monoisotopic (exact) mass is 632 g/mol. The van der Waals surface area contributed by atoms with Gasteiger partial charge >= 0.3 is 5.97 Å². The smallest absolute Gasteiger partial charge is 0.335 e. The highest BCUT2D eigenvalue weighted by Crippen LogP contribution is 2.17. The Bertz CT molecular complexity index is 1400. The third kappa shape index (κ3) is 10.1. The van der Waals surface area contributed by atoms with Crippen LogP contribution in [0, 0.1) is 25.5 Å². The standard InChI is InChI=1S/C14H11BrFNO.C7H5BrO2.C7H8FN/c1-9-7-12(5-6-13(9)16)17-14(18)10-3-2-4-11(15)8-10;8-6-3-1-2-5(4-6)7(9)10;1-5-4-6(9)2-3-7(5)8/h2-8H,1H3,(H,17,18);1-4H,(H,9,10);2-4H,9H2,1H3. The van der Waals surface area contributed by atoms with Crippen LogP contribution in [0.15, 0.2) is 93.9 Å². The number of hydrogen-bond donors (Lipinski definition) is 3. The van der Waals surface area contributed by atoms with Gasteiger partial charge < -0.3 is 16.2 Å².